The minimum Gasteiger partial charge on any atom is -0.484 e. The highest BCUT2D eigenvalue weighted by Crippen LogP contribution is 2.29. The first-order valence-corrected chi connectivity index (χ1v) is 8.77. The van der Waals surface area contributed by atoms with Crippen molar-refractivity contribution in [2.75, 3.05) is 11.9 Å². The summed E-state index contributed by atoms with van der Waals surface area (Å²) in [7, 11) is 0. The number of aryl methyl sites for hydroxylation is 3. The number of fused-ring (bicyclic) bond motifs is 1. The Bertz CT molecular complexity index is 869. The highest BCUT2D eigenvalue weighted by Gasteiger charge is 2.11. The molecule has 0 aliphatic rings. The zero-order valence-corrected chi connectivity index (χ0v) is 14.9. The van der Waals surface area contributed by atoms with Gasteiger partial charge >= 0.3 is 0 Å². The van der Waals surface area contributed by atoms with Crippen molar-refractivity contribution in [3.8, 4) is 5.75 Å². The summed E-state index contributed by atoms with van der Waals surface area (Å²) < 4.78 is 6.59. The smallest absolute Gasteiger partial charge is 0.264 e. The summed E-state index contributed by atoms with van der Waals surface area (Å²) in [5, 5.41) is 3.42. The third kappa shape index (κ3) is 3.57. The molecule has 5 heteroatoms. The fourth-order valence-corrected chi connectivity index (χ4v) is 3.35. The molecule has 0 spiro atoms. The Morgan fingerprint density at radius 1 is 1.17 bits per heavy atom. The molecule has 3 rings (SSSR count). The standard InChI is InChI=1S/C19H20N2O2S/c1-4-14-6-8-15(9-7-14)23-11-17(22)20-19-21-18-13(3)12(2)5-10-16(18)24-19/h5-10H,4,11H2,1-3H3,(H,20,21,22). The quantitative estimate of drug-likeness (QED) is 0.744. The number of aromatic nitrogens is 1. The molecule has 0 saturated carbocycles. The van der Waals surface area contributed by atoms with Gasteiger partial charge in [0.15, 0.2) is 11.7 Å². The molecule has 3 aromatic rings. The lowest BCUT2D eigenvalue weighted by atomic mass is 10.1. The van der Waals surface area contributed by atoms with Crippen LogP contribution < -0.4 is 10.1 Å². The van der Waals surface area contributed by atoms with Crippen molar-refractivity contribution in [3.63, 3.8) is 0 Å². The predicted molar refractivity (Wildman–Crippen MR) is 99.0 cm³/mol. The van der Waals surface area contributed by atoms with E-state index in [1.54, 1.807) is 0 Å². The summed E-state index contributed by atoms with van der Waals surface area (Å²) >= 11 is 1.48. The molecule has 1 aromatic heterocycles. The summed E-state index contributed by atoms with van der Waals surface area (Å²) in [5.74, 6) is 0.487. The molecule has 0 aliphatic heterocycles. The Morgan fingerprint density at radius 2 is 1.92 bits per heavy atom. The number of hydrogen-bond donors (Lipinski definition) is 1. The van der Waals surface area contributed by atoms with Gasteiger partial charge in [0.25, 0.3) is 5.91 Å². The highest BCUT2D eigenvalue weighted by atomic mass is 32.1. The summed E-state index contributed by atoms with van der Waals surface area (Å²) in [6, 6.07) is 11.9. The number of carbonyl (C=O) groups is 1. The second-order valence-electron chi connectivity index (χ2n) is 5.71. The Labute approximate surface area is 145 Å². The summed E-state index contributed by atoms with van der Waals surface area (Å²) in [5.41, 5.74) is 4.54. The number of nitrogens with one attached hydrogen (secondary N) is 1. The fourth-order valence-electron chi connectivity index (χ4n) is 2.41. The minimum atomic E-state index is -0.206. The van der Waals surface area contributed by atoms with E-state index in [1.807, 2.05) is 37.3 Å². The number of carbonyl (C=O) groups excluding carboxylic acids is 1. The van der Waals surface area contributed by atoms with Crippen molar-refractivity contribution < 1.29 is 9.53 Å². The molecule has 0 fully saturated rings. The Hall–Kier alpha value is -2.40. The van der Waals surface area contributed by atoms with Crippen LogP contribution in [0.5, 0.6) is 5.75 Å². The van der Waals surface area contributed by atoms with Crippen LogP contribution in [0.4, 0.5) is 5.13 Å². The second-order valence-corrected chi connectivity index (χ2v) is 6.74. The fraction of sp³-hybridized carbons (Fsp3) is 0.263. The third-order valence-electron chi connectivity index (χ3n) is 4.03. The van der Waals surface area contributed by atoms with E-state index in [-0.39, 0.29) is 12.5 Å². The number of amides is 1. The lowest BCUT2D eigenvalue weighted by molar-refractivity contribution is -0.118. The molecule has 0 atom stereocenters. The van der Waals surface area contributed by atoms with E-state index >= 15 is 0 Å². The first-order chi connectivity index (χ1) is 11.6. The van der Waals surface area contributed by atoms with Crippen molar-refractivity contribution in [1.29, 1.82) is 0 Å². The Morgan fingerprint density at radius 3 is 2.62 bits per heavy atom. The first kappa shape index (κ1) is 16.5. The average Bonchev–Trinajstić information content (AvgIpc) is 3.00. The van der Waals surface area contributed by atoms with Gasteiger partial charge in [0, 0.05) is 0 Å². The zero-order chi connectivity index (χ0) is 17.1. The van der Waals surface area contributed by atoms with Crippen molar-refractivity contribution in [2.24, 2.45) is 0 Å². The number of hydrogen-bond acceptors (Lipinski definition) is 4. The van der Waals surface area contributed by atoms with Crippen molar-refractivity contribution in [3.05, 3.63) is 53.1 Å². The van der Waals surface area contributed by atoms with Gasteiger partial charge in [-0.15, -0.1) is 0 Å². The molecule has 24 heavy (non-hydrogen) atoms. The van der Waals surface area contributed by atoms with E-state index in [9.17, 15) is 4.79 Å². The van der Waals surface area contributed by atoms with E-state index < -0.39 is 0 Å². The molecule has 1 amide bonds. The first-order valence-electron chi connectivity index (χ1n) is 7.95. The summed E-state index contributed by atoms with van der Waals surface area (Å²) in [6.07, 6.45) is 0.983. The van der Waals surface area contributed by atoms with E-state index in [0.29, 0.717) is 10.9 Å². The average molecular weight is 340 g/mol. The van der Waals surface area contributed by atoms with Crippen LogP contribution in [0.15, 0.2) is 36.4 Å². The molecule has 0 aliphatic carbocycles. The number of ether oxygens (including phenoxy) is 1. The predicted octanol–water partition coefficient (Wildman–Crippen LogP) is 4.49. The van der Waals surface area contributed by atoms with E-state index in [1.165, 1.54) is 22.5 Å². The molecule has 0 saturated heterocycles. The van der Waals surface area contributed by atoms with Gasteiger partial charge in [-0.1, -0.05) is 36.5 Å². The summed E-state index contributed by atoms with van der Waals surface area (Å²) in [6.45, 7) is 6.18. The molecular weight excluding hydrogens is 320 g/mol. The van der Waals surface area contributed by atoms with E-state index in [2.05, 4.69) is 30.2 Å². The maximum atomic E-state index is 12.1. The number of thiazole rings is 1. The molecule has 124 valence electrons. The molecule has 1 heterocycles. The van der Waals surface area contributed by atoms with Crippen molar-refractivity contribution in [1.82, 2.24) is 4.98 Å². The lowest BCUT2D eigenvalue weighted by Gasteiger charge is -2.06. The molecule has 0 radical (unpaired) electrons. The normalized spacial score (nSPS) is 10.8. The van der Waals surface area contributed by atoms with Gasteiger partial charge in [-0.25, -0.2) is 4.98 Å². The molecular formula is C19H20N2O2S. The number of anilines is 1. The summed E-state index contributed by atoms with van der Waals surface area (Å²) in [4.78, 5) is 16.6. The molecule has 2 aromatic carbocycles. The van der Waals surface area contributed by atoms with Gasteiger partial charge in [0.05, 0.1) is 10.2 Å². The van der Waals surface area contributed by atoms with Gasteiger partial charge in [0.2, 0.25) is 0 Å². The van der Waals surface area contributed by atoms with E-state index in [0.717, 1.165) is 22.2 Å². The van der Waals surface area contributed by atoms with Crippen LogP contribution in [0.3, 0.4) is 0 Å². The Balaban J connectivity index is 1.63. The van der Waals surface area contributed by atoms with Gasteiger partial charge < -0.3 is 4.74 Å². The SMILES string of the molecule is CCc1ccc(OCC(=O)Nc2nc3c(C)c(C)ccc3s2)cc1. The zero-order valence-electron chi connectivity index (χ0n) is 14.1. The van der Waals surface area contributed by atoms with Crippen LogP contribution in [0.2, 0.25) is 0 Å². The number of nitrogens with zero attached hydrogens (tertiary/aromatic N) is 1. The molecule has 0 bridgehead atoms. The number of benzene rings is 2. The molecule has 0 unspecified atom stereocenters. The highest BCUT2D eigenvalue weighted by molar-refractivity contribution is 7.22. The topological polar surface area (TPSA) is 51.2 Å². The maximum absolute atomic E-state index is 12.1. The second kappa shape index (κ2) is 7.01. The van der Waals surface area contributed by atoms with E-state index in [4.69, 9.17) is 4.74 Å². The van der Waals surface area contributed by atoms with Gasteiger partial charge in [-0.2, -0.15) is 0 Å². The van der Waals surface area contributed by atoms with Crippen LogP contribution in [0.25, 0.3) is 10.2 Å². The van der Waals surface area contributed by atoms with Crippen LogP contribution >= 0.6 is 11.3 Å². The van der Waals surface area contributed by atoms with Gasteiger partial charge in [-0.05, 0) is 55.2 Å². The van der Waals surface area contributed by atoms with Crippen LogP contribution in [0.1, 0.15) is 23.6 Å². The maximum Gasteiger partial charge on any atom is 0.264 e. The number of rotatable bonds is 5. The third-order valence-corrected chi connectivity index (χ3v) is 4.97. The van der Waals surface area contributed by atoms with Crippen LogP contribution in [-0.4, -0.2) is 17.5 Å². The molecule has 1 N–H and O–H groups in total. The monoisotopic (exact) mass is 340 g/mol. The van der Waals surface area contributed by atoms with Gasteiger partial charge in [-0.3, -0.25) is 10.1 Å². The molecule has 4 nitrogen and oxygen atoms in total. The van der Waals surface area contributed by atoms with Crippen LogP contribution in [-0.2, 0) is 11.2 Å². The van der Waals surface area contributed by atoms with Gasteiger partial charge in [0.1, 0.15) is 5.75 Å². The Kier molecular flexibility index (Phi) is 4.81. The minimum absolute atomic E-state index is 0.0284. The van der Waals surface area contributed by atoms with Crippen molar-refractivity contribution in [2.45, 2.75) is 27.2 Å². The van der Waals surface area contributed by atoms with Crippen LogP contribution in [0, 0.1) is 13.8 Å². The largest absolute Gasteiger partial charge is 0.484 e. The van der Waals surface area contributed by atoms with Crippen molar-refractivity contribution >= 4 is 32.6 Å². The lowest BCUT2D eigenvalue weighted by Crippen LogP contribution is -2.20.